The molecule has 136 valence electrons. The molecule has 3 aromatic rings. The Morgan fingerprint density at radius 1 is 1.23 bits per heavy atom. The number of carbonyl (C=O) groups is 1. The van der Waals surface area contributed by atoms with Gasteiger partial charge in [0.05, 0.1) is 33.2 Å². The molecule has 0 radical (unpaired) electrons. The van der Waals surface area contributed by atoms with Crippen molar-refractivity contribution in [1.82, 2.24) is 19.3 Å². The van der Waals surface area contributed by atoms with Crippen molar-refractivity contribution in [1.29, 1.82) is 0 Å². The zero-order chi connectivity index (χ0) is 19.0. The van der Waals surface area contributed by atoms with Crippen molar-refractivity contribution in [3.63, 3.8) is 0 Å². The predicted octanol–water partition coefficient (Wildman–Crippen LogP) is 2.40. The first-order valence-electron chi connectivity index (χ1n) is 8.23. The van der Waals surface area contributed by atoms with E-state index in [4.69, 9.17) is 0 Å². The van der Waals surface area contributed by atoms with Crippen molar-refractivity contribution >= 4 is 34.3 Å². The van der Waals surface area contributed by atoms with Gasteiger partial charge >= 0.3 is 0 Å². The standard InChI is InChI=1S/C18H21N5O2S/c1-10-15(11(2)23(5)21-10)20-16(24)12(3)26-18-19-14-9-7-6-8-13(14)17(25)22(18)4/h6-9,12H,1-5H3,(H,20,24). The van der Waals surface area contributed by atoms with Crippen LogP contribution in [0.4, 0.5) is 5.69 Å². The number of hydrogen-bond acceptors (Lipinski definition) is 5. The van der Waals surface area contributed by atoms with E-state index in [0.717, 1.165) is 17.1 Å². The third-order valence-corrected chi connectivity index (χ3v) is 5.49. The molecular formula is C18H21N5O2S. The highest BCUT2D eigenvalue weighted by Gasteiger charge is 2.20. The Labute approximate surface area is 155 Å². The number of anilines is 1. The molecule has 0 aliphatic carbocycles. The Balaban J connectivity index is 1.84. The van der Waals surface area contributed by atoms with Crippen molar-refractivity contribution in [3.8, 4) is 0 Å². The molecule has 2 heterocycles. The number of thioether (sulfide) groups is 1. The van der Waals surface area contributed by atoms with Gasteiger partial charge in [0.1, 0.15) is 0 Å². The van der Waals surface area contributed by atoms with E-state index in [1.807, 2.05) is 33.0 Å². The summed E-state index contributed by atoms with van der Waals surface area (Å²) in [6, 6.07) is 7.21. The molecule has 0 aliphatic rings. The molecular weight excluding hydrogens is 350 g/mol. The van der Waals surface area contributed by atoms with Crippen molar-refractivity contribution in [3.05, 3.63) is 46.0 Å². The first-order valence-corrected chi connectivity index (χ1v) is 9.11. The van der Waals surface area contributed by atoms with Gasteiger partial charge in [-0.1, -0.05) is 23.9 Å². The van der Waals surface area contributed by atoms with Gasteiger partial charge in [-0.3, -0.25) is 18.8 Å². The van der Waals surface area contributed by atoms with Gasteiger partial charge in [-0.25, -0.2) is 4.98 Å². The molecule has 3 rings (SSSR count). The molecule has 7 nitrogen and oxygen atoms in total. The van der Waals surface area contributed by atoms with Crippen LogP contribution in [0, 0.1) is 13.8 Å². The maximum atomic E-state index is 12.6. The van der Waals surface area contributed by atoms with Crippen LogP contribution in [-0.4, -0.2) is 30.5 Å². The number of fused-ring (bicyclic) bond motifs is 1. The van der Waals surface area contributed by atoms with Crippen LogP contribution in [0.3, 0.4) is 0 Å². The van der Waals surface area contributed by atoms with E-state index in [0.29, 0.717) is 16.1 Å². The average molecular weight is 371 g/mol. The maximum absolute atomic E-state index is 12.6. The minimum absolute atomic E-state index is 0.121. The van der Waals surface area contributed by atoms with Crippen LogP contribution < -0.4 is 10.9 Å². The lowest BCUT2D eigenvalue weighted by atomic mass is 10.2. The number of rotatable bonds is 4. The van der Waals surface area contributed by atoms with E-state index in [2.05, 4.69) is 15.4 Å². The van der Waals surface area contributed by atoms with Crippen LogP contribution in [0.15, 0.2) is 34.2 Å². The van der Waals surface area contributed by atoms with Gasteiger partial charge in [-0.2, -0.15) is 5.10 Å². The molecule has 0 saturated heterocycles. The van der Waals surface area contributed by atoms with Gasteiger partial charge in [-0.15, -0.1) is 0 Å². The van der Waals surface area contributed by atoms with Gasteiger partial charge in [-0.05, 0) is 32.9 Å². The molecule has 8 heteroatoms. The second-order valence-electron chi connectivity index (χ2n) is 6.19. The summed E-state index contributed by atoms with van der Waals surface area (Å²) in [5.74, 6) is -0.156. The van der Waals surface area contributed by atoms with Crippen LogP contribution in [0.25, 0.3) is 10.9 Å². The molecule has 1 N–H and O–H groups in total. The highest BCUT2D eigenvalue weighted by molar-refractivity contribution is 8.00. The third kappa shape index (κ3) is 3.24. The summed E-state index contributed by atoms with van der Waals surface area (Å²) >= 11 is 1.26. The monoisotopic (exact) mass is 371 g/mol. The lowest BCUT2D eigenvalue weighted by molar-refractivity contribution is -0.115. The second-order valence-corrected chi connectivity index (χ2v) is 7.50. The lowest BCUT2D eigenvalue weighted by Crippen LogP contribution is -2.26. The molecule has 0 bridgehead atoms. The Kier molecular flexibility index (Phi) is 4.86. The minimum atomic E-state index is -0.423. The fraction of sp³-hybridized carbons (Fsp3) is 0.333. The smallest absolute Gasteiger partial charge is 0.261 e. The van der Waals surface area contributed by atoms with Gasteiger partial charge in [0.15, 0.2) is 5.16 Å². The molecule has 0 spiro atoms. The number of para-hydroxylation sites is 1. The summed E-state index contributed by atoms with van der Waals surface area (Å²) in [5, 5.41) is 7.89. The largest absolute Gasteiger partial charge is 0.322 e. The summed E-state index contributed by atoms with van der Waals surface area (Å²) in [4.78, 5) is 29.6. The van der Waals surface area contributed by atoms with E-state index in [9.17, 15) is 9.59 Å². The predicted molar refractivity (Wildman–Crippen MR) is 104 cm³/mol. The quantitative estimate of drug-likeness (QED) is 0.563. The Morgan fingerprint density at radius 2 is 1.92 bits per heavy atom. The molecule has 1 unspecified atom stereocenters. The number of benzene rings is 1. The van der Waals surface area contributed by atoms with Crippen molar-refractivity contribution in [2.45, 2.75) is 31.2 Å². The lowest BCUT2D eigenvalue weighted by Gasteiger charge is -2.14. The van der Waals surface area contributed by atoms with E-state index in [1.54, 1.807) is 30.8 Å². The van der Waals surface area contributed by atoms with E-state index >= 15 is 0 Å². The molecule has 0 fully saturated rings. The average Bonchev–Trinajstić information content (AvgIpc) is 2.85. The summed E-state index contributed by atoms with van der Waals surface area (Å²) in [7, 11) is 3.51. The van der Waals surface area contributed by atoms with Crippen LogP contribution in [0.2, 0.25) is 0 Å². The van der Waals surface area contributed by atoms with Crippen LogP contribution in [0.5, 0.6) is 0 Å². The first-order chi connectivity index (χ1) is 12.3. The molecule has 2 aromatic heterocycles. The third-order valence-electron chi connectivity index (χ3n) is 4.35. The number of aromatic nitrogens is 4. The van der Waals surface area contributed by atoms with Gasteiger partial charge in [0.2, 0.25) is 5.91 Å². The van der Waals surface area contributed by atoms with Crippen LogP contribution in [0.1, 0.15) is 18.3 Å². The zero-order valence-corrected chi connectivity index (χ0v) is 16.2. The van der Waals surface area contributed by atoms with E-state index in [1.165, 1.54) is 16.3 Å². The van der Waals surface area contributed by atoms with Gasteiger partial charge in [0.25, 0.3) is 5.56 Å². The number of nitrogens with zero attached hydrogens (tertiary/aromatic N) is 4. The fourth-order valence-corrected chi connectivity index (χ4v) is 3.57. The number of carbonyl (C=O) groups excluding carboxylic acids is 1. The normalized spacial score (nSPS) is 12.3. The maximum Gasteiger partial charge on any atom is 0.261 e. The van der Waals surface area contributed by atoms with Crippen LogP contribution >= 0.6 is 11.8 Å². The van der Waals surface area contributed by atoms with Crippen molar-refractivity contribution in [2.24, 2.45) is 14.1 Å². The Hall–Kier alpha value is -2.61. The summed E-state index contributed by atoms with van der Waals surface area (Å²) in [6.45, 7) is 5.55. The Bertz CT molecular complexity index is 1050. The van der Waals surface area contributed by atoms with Crippen molar-refractivity contribution < 1.29 is 4.79 Å². The molecule has 26 heavy (non-hydrogen) atoms. The number of nitrogens with one attached hydrogen (secondary N) is 1. The number of amides is 1. The molecule has 1 atom stereocenters. The Morgan fingerprint density at radius 3 is 2.58 bits per heavy atom. The SMILES string of the molecule is Cc1nn(C)c(C)c1NC(=O)C(C)Sc1nc2ccccc2c(=O)n1C. The molecule has 1 aromatic carbocycles. The van der Waals surface area contributed by atoms with Gasteiger partial charge < -0.3 is 5.32 Å². The highest BCUT2D eigenvalue weighted by atomic mass is 32.2. The molecule has 0 saturated carbocycles. The first kappa shape index (κ1) is 18.2. The minimum Gasteiger partial charge on any atom is -0.322 e. The van der Waals surface area contributed by atoms with E-state index < -0.39 is 5.25 Å². The van der Waals surface area contributed by atoms with Crippen LogP contribution in [-0.2, 0) is 18.9 Å². The number of aryl methyl sites for hydroxylation is 2. The summed E-state index contributed by atoms with van der Waals surface area (Å²) in [5.41, 5.74) is 2.90. The van der Waals surface area contributed by atoms with E-state index in [-0.39, 0.29) is 11.5 Å². The topological polar surface area (TPSA) is 81.8 Å². The molecule has 0 aliphatic heterocycles. The van der Waals surface area contributed by atoms with Crippen molar-refractivity contribution in [2.75, 3.05) is 5.32 Å². The number of hydrogen-bond donors (Lipinski definition) is 1. The highest BCUT2D eigenvalue weighted by Crippen LogP contribution is 2.24. The van der Waals surface area contributed by atoms with Gasteiger partial charge in [0, 0.05) is 14.1 Å². The fourth-order valence-electron chi connectivity index (χ4n) is 2.69. The summed E-state index contributed by atoms with van der Waals surface area (Å²) < 4.78 is 3.22. The second kappa shape index (κ2) is 6.95. The zero-order valence-electron chi connectivity index (χ0n) is 15.4. The summed E-state index contributed by atoms with van der Waals surface area (Å²) in [6.07, 6.45) is 0. The molecule has 1 amide bonds.